The molecule has 1 aliphatic heterocycles. The molecular formula is C30H46N2O2. The van der Waals surface area contributed by atoms with Crippen LogP contribution in [0.25, 0.3) is 5.57 Å². The molecule has 1 aromatic carbocycles. The molecule has 34 heavy (non-hydrogen) atoms. The van der Waals surface area contributed by atoms with Crippen molar-refractivity contribution >= 4 is 5.57 Å². The van der Waals surface area contributed by atoms with Crippen molar-refractivity contribution in [2.75, 3.05) is 26.2 Å². The van der Waals surface area contributed by atoms with Crippen LogP contribution in [0.3, 0.4) is 0 Å². The maximum Gasteiger partial charge on any atom is 0.0686 e. The van der Waals surface area contributed by atoms with Crippen LogP contribution in [-0.4, -0.2) is 53.5 Å². The Labute approximate surface area is 207 Å². The summed E-state index contributed by atoms with van der Waals surface area (Å²) < 4.78 is 0. The molecule has 1 unspecified atom stereocenters. The third kappa shape index (κ3) is 6.62. The molecule has 1 heterocycles. The number of allylic oxidation sites excluding steroid dienone is 5. The van der Waals surface area contributed by atoms with E-state index in [1.54, 1.807) is 0 Å². The lowest BCUT2D eigenvalue weighted by molar-refractivity contribution is 0.123. The normalized spacial score (nSPS) is 21.5. The fraction of sp³-hybridized carbons (Fsp3) is 0.600. The average Bonchev–Trinajstić information content (AvgIpc) is 2.81. The van der Waals surface area contributed by atoms with E-state index < -0.39 is 6.10 Å². The van der Waals surface area contributed by atoms with E-state index in [0.717, 1.165) is 31.5 Å². The predicted octanol–water partition coefficient (Wildman–Crippen LogP) is 5.31. The molecule has 1 aliphatic carbocycles. The highest BCUT2D eigenvalue weighted by Gasteiger charge is 2.36. The third-order valence-electron chi connectivity index (χ3n) is 7.96. The number of rotatable bonds is 9. The zero-order chi connectivity index (χ0) is 24.9. The number of hydrogen-bond acceptors (Lipinski definition) is 4. The minimum atomic E-state index is -0.462. The fourth-order valence-electron chi connectivity index (χ4n) is 5.28. The summed E-state index contributed by atoms with van der Waals surface area (Å²) in [6.45, 7) is 18.6. The molecule has 188 valence electrons. The highest BCUT2D eigenvalue weighted by atomic mass is 16.3. The summed E-state index contributed by atoms with van der Waals surface area (Å²) in [6, 6.07) is 7.37. The van der Waals surface area contributed by atoms with Crippen LogP contribution >= 0.6 is 0 Å². The number of fused-ring (bicyclic) bond motifs is 1. The second kappa shape index (κ2) is 11.2. The molecule has 1 atom stereocenters. The summed E-state index contributed by atoms with van der Waals surface area (Å²) in [5.41, 5.74) is 6.94. The monoisotopic (exact) mass is 466 g/mol. The quantitative estimate of drug-likeness (QED) is 0.432. The Morgan fingerprint density at radius 2 is 1.79 bits per heavy atom. The molecule has 1 saturated heterocycles. The molecule has 0 spiro atoms. The maximum atomic E-state index is 9.79. The number of aliphatic hydroxyl groups excluding tert-OH is 2. The Bertz CT molecular complexity index is 904. The van der Waals surface area contributed by atoms with Gasteiger partial charge >= 0.3 is 0 Å². The molecule has 0 aromatic heterocycles. The lowest BCUT2D eigenvalue weighted by Gasteiger charge is -2.42. The summed E-state index contributed by atoms with van der Waals surface area (Å²) in [4.78, 5) is 2.43. The van der Waals surface area contributed by atoms with Gasteiger partial charge in [0.2, 0.25) is 0 Å². The maximum absolute atomic E-state index is 9.79. The molecule has 2 aliphatic rings. The Morgan fingerprint density at radius 3 is 2.44 bits per heavy atom. The van der Waals surface area contributed by atoms with Gasteiger partial charge < -0.3 is 20.4 Å². The van der Waals surface area contributed by atoms with Crippen molar-refractivity contribution in [3.8, 4) is 0 Å². The molecule has 1 fully saturated rings. The summed E-state index contributed by atoms with van der Waals surface area (Å²) >= 11 is 0. The van der Waals surface area contributed by atoms with Crippen molar-refractivity contribution in [2.45, 2.75) is 89.7 Å². The Kier molecular flexibility index (Phi) is 8.83. The van der Waals surface area contributed by atoms with Crippen LogP contribution in [0.4, 0.5) is 0 Å². The molecule has 1 aromatic rings. The van der Waals surface area contributed by atoms with Gasteiger partial charge in [-0.2, -0.15) is 0 Å². The van der Waals surface area contributed by atoms with Crippen LogP contribution in [0.15, 0.2) is 48.7 Å². The van der Waals surface area contributed by atoms with Gasteiger partial charge in [0.05, 0.1) is 6.10 Å². The van der Waals surface area contributed by atoms with E-state index in [-0.39, 0.29) is 17.4 Å². The number of likely N-dealkylation sites (tertiary alicyclic amines) is 1. The van der Waals surface area contributed by atoms with Crippen LogP contribution in [0.2, 0.25) is 0 Å². The molecule has 0 radical (unpaired) electrons. The summed E-state index contributed by atoms with van der Waals surface area (Å²) in [6.07, 6.45) is 11.0. The molecule has 0 saturated carbocycles. The van der Waals surface area contributed by atoms with Crippen molar-refractivity contribution in [2.24, 2.45) is 0 Å². The minimum Gasteiger partial charge on any atom is -0.396 e. The first-order valence-electron chi connectivity index (χ1n) is 13.0. The van der Waals surface area contributed by atoms with E-state index in [1.165, 1.54) is 35.2 Å². The smallest absolute Gasteiger partial charge is 0.0686 e. The largest absolute Gasteiger partial charge is 0.396 e. The highest BCUT2D eigenvalue weighted by Crippen LogP contribution is 2.46. The molecule has 0 amide bonds. The average molecular weight is 467 g/mol. The van der Waals surface area contributed by atoms with Gasteiger partial charge in [0.1, 0.15) is 0 Å². The lowest BCUT2D eigenvalue weighted by atomic mass is 9.63. The van der Waals surface area contributed by atoms with Gasteiger partial charge in [0.15, 0.2) is 0 Å². The topological polar surface area (TPSA) is 55.7 Å². The van der Waals surface area contributed by atoms with Crippen molar-refractivity contribution in [3.63, 3.8) is 0 Å². The van der Waals surface area contributed by atoms with Gasteiger partial charge in [0, 0.05) is 38.0 Å². The second-order valence-corrected chi connectivity index (χ2v) is 11.6. The van der Waals surface area contributed by atoms with Gasteiger partial charge in [-0.3, -0.25) is 0 Å². The summed E-state index contributed by atoms with van der Waals surface area (Å²) in [5, 5.41) is 22.1. The van der Waals surface area contributed by atoms with E-state index in [2.05, 4.69) is 87.8 Å². The number of benzene rings is 1. The fourth-order valence-corrected chi connectivity index (χ4v) is 5.28. The van der Waals surface area contributed by atoms with Crippen LogP contribution < -0.4 is 5.32 Å². The van der Waals surface area contributed by atoms with Crippen LogP contribution in [0.5, 0.6) is 0 Å². The van der Waals surface area contributed by atoms with E-state index in [0.29, 0.717) is 19.0 Å². The Hall–Kier alpha value is -1.88. The van der Waals surface area contributed by atoms with Crippen LogP contribution in [0.1, 0.15) is 83.4 Å². The first kappa shape index (κ1) is 26.7. The molecular weight excluding hydrogens is 420 g/mol. The molecule has 3 rings (SSSR count). The van der Waals surface area contributed by atoms with Gasteiger partial charge in [-0.05, 0) is 78.2 Å². The van der Waals surface area contributed by atoms with Gasteiger partial charge in [-0.1, -0.05) is 64.6 Å². The Balaban J connectivity index is 1.56. The third-order valence-corrected chi connectivity index (χ3v) is 7.96. The number of nitrogens with one attached hydrogen (secondary N) is 1. The SMILES string of the molecule is C=C(/C=C\C=C(/C)N1CCC(NCC(O)CCO)CC1)c1ccc2c(c1)C(C)(C)CCC2(C)C. The van der Waals surface area contributed by atoms with Crippen molar-refractivity contribution < 1.29 is 10.2 Å². The number of piperidine rings is 1. The summed E-state index contributed by atoms with van der Waals surface area (Å²) in [7, 11) is 0. The van der Waals surface area contributed by atoms with Crippen LogP contribution in [0, 0.1) is 0 Å². The first-order chi connectivity index (χ1) is 16.0. The number of aliphatic hydroxyl groups is 2. The van der Waals surface area contributed by atoms with Gasteiger partial charge in [-0.25, -0.2) is 0 Å². The van der Waals surface area contributed by atoms with Gasteiger partial charge in [0.25, 0.3) is 0 Å². The molecule has 4 nitrogen and oxygen atoms in total. The lowest BCUT2D eigenvalue weighted by Crippen LogP contribution is -2.44. The van der Waals surface area contributed by atoms with E-state index >= 15 is 0 Å². The number of nitrogens with zero attached hydrogens (tertiary/aromatic N) is 1. The van der Waals surface area contributed by atoms with E-state index in [4.69, 9.17) is 5.11 Å². The first-order valence-corrected chi connectivity index (χ1v) is 13.0. The zero-order valence-electron chi connectivity index (χ0n) is 22.0. The minimum absolute atomic E-state index is 0.0356. The number of hydrogen-bond donors (Lipinski definition) is 3. The van der Waals surface area contributed by atoms with Crippen molar-refractivity contribution in [1.82, 2.24) is 10.2 Å². The van der Waals surface area contributed by atoms with Crippen molar-refractivity contribution in [1.29, 1.82) is 0 Å². The van der Waals surface area contributed by atoms with E-state index in [1.807, 2.05) is 0 Å². The molecule has 0 bridgehead atoms. The summed E-state index contributed by atoms with van der Waals surface area (Å²) in [5.74, 6) is 0. The zero-order valence-corrected chi connectivity index (χ0v) is 22.0. The van der Waals surface area contributed by atoms with Crippen molar-refractivity contribution in [3.05, 3.63) is 65.4 Å². The predicted molar refractivity (Wildman–Crippen MR) is 144 cm³/mol. The molecule has 3 N–H and O–H groups in total. The standard InChI is InChI=1S/C30H46N2O2/c1-22(24-10-11-27-28(20-24)30(5,6)16-15-29(27,3)4)8-7-9-23(2)32-17-12-25(13-18-32)31-21-26(34)14-19-33/h7-11,20,25-26,31,33-34H,1,12-19,21H2,2-6H3/b8-7-,23-9+. The molecule has 4 heteroatoms. The van der Waals surface area contributed by atoms with Gasteiger partial charge in [-0.15, -0.1) is 0 Å². The Morgan fingerprint density at radius 1 is 1.15 bits per heavy atom. The van der Waals surface area contributed by atoms with E-state index in [9.17, 15) is 5.11 Å². The van der Waals surface area contributed by atoms with Crippen LogP contribution in [-0.2, 0) is 10.8 Å². The second-order valence-electron chi connectivity index (χ2n) is 11.6. The highest BCUT2D eigenvalue weighted by molar-refractivity contribution is 5.73.